The van der Waals surface area contributed by atoms with Gasteiger partial charge in [-0.1, -0.05) is 32.0 Å². The maximum atomic E-state index is 13.9. The Bertz CT molecular complexity index is 496. The zero-order chi connectivity index (χ0) is 14.0. The van der Waals surface area contributed by atoms with E-state index in [2.05, 4.69) is 24.5 Å². The maximum absolute atomic E-state index is 13.9. The van der Waals surface area contributed by atoms with Gasteiger partial charge in [0.15, 0.2) is 11.6 Å². The Morgan fingerprint density at radius 2 is 1.95 bits per heavy atom. The van der Waals surface area contributed by atoms with Gasteiger partial charge in [0.25, 0.3) is 0 Å². The van der Waals surface area contributed by atoms with Crippen molar-refractivity contribution in [2.75, 3.05) is 11.9 Å². The summed E-state index contributed by atoms with van der Waals surface area (Å²) in [5.74, 6) is -1.89. The van der Waals surface area contributed by atoms with Crippen LogP contribution in [0.4, 0.5) is 14.5 Å². The molecule has 0 atom stereocenters. The number of nitrogens with two attached hydrogens (primary N) is 1. The van der Waals surface area contributed by atoms with E-state index in [1.165, 1.54) is 25.0 Å². The van der Waals surface area contributed by atoms with Crippen LogP contribution in [0.1, 0.15) is 38.2 Å². The van der Waals surface area contributed by atoms with Crippen molar-refractivity contribution in [2.45, 2.75) is 32.6 Å². The van der Waals surface area contributed by atoms with E-state index in [1.54, 1.807) is 0 Å². The molecule has 0 aliphatic heterocycles. The molecule has 1 aliphatic rings. The third kappa shape index (κ3) is 3.03. The number of anilines is 1. The van der Waals surface area contributed by atoms with Crippen LogP contribution >= 0.6 is 12.2 Å². The van der Waals surface area contributed by atoms with Crippen LogP contribution in [-0.4, -0.2) is 11.5 Å². The second kappa shape index (κ2) is 5.41. The van der Waals surface area contributed by atoms with E-state index < -0.39 is 11.6 Å². The molecule has 0 saturated heterocycles. The van der Waals surface area contributed by atoms with Gasteiger partial charge in [-0.3, -0.25) is 0 Å². The Balaban J connectivity index is 2.13. The fourth-order valence-electron chi connectivity index (χ4n) is 2.59. The molecule has 2 rings (SSSR count). The monoisotopic (exact) mass is 284 g/mol. The molecule has 0 spiro atoms. The SMILES string of the molecule is CC1(CNc2ccc(C(N)=S)c(F)c2F)CCCC1. The highest BCUT2D eigenvalue weighted by Crippen LogP contribution is 2.37. The average Bonchev–Trinajstić information content (AvgIpc) is 2.78. The van der Waals surface area contributed by atoms with Crippen LogP contribution in [0.5, 0.6) is 0 Å². The van der Waals surface area contributed by atoms with Crippen molar-refractivity contribution >= 4 is 22.9 Å². The molecular formula is C14H18F2N2S. The highest BCUT2D eigenvalue weighted by Gasteiger charge is 2.28. The largest absolute Gasteiger partial charge is 0.389 e. The van der Waals surface area contributed by atoms with E-state index in [-0.39, 0.29) is 21.7 Å². The number of nitrogens with one attached hydrogen (secondary N) is 1. The Morgan fingerprint density at radius 3 is 2.53 bits per heavy atom. The van der Waals surface area contributed by atoms with Crippen molar-refractivity contribution in [3.05, 3.63) is 29.3 Å². The molecule has 0 unspecified atom stereocenters. The van der Waals surface area contributed by atoms with E-state index >= 15 is 0 Å². The summed E-state index contributed by atoms with van der Waals surface area (Å²) in [6.45, 7) is 2.82. The minimum absolute atomic E-state index is 0.0508. The number of hydrogen-bond acceptors (Lipinski definition) is 2. The molecule has 0 aromatic heterocycles. The highest BCUT2D eigenvalue weighted by atomic mass is 32.1. The van der Waals surface area contributed by atoms with Gasteiger partial charge in [-0.05, 0) is 30.4 Å². The molecule has 0 amide bonds. The average molecular weight is 284 g/mol. The number of rotatable bonds is 4. The molecule has 5 heteroatoms. The lowest BCUT2D eigenvalue weighted by atomic mass is 9.89. The molecule has 1 aromatic rings. The minimum Gasteiger partial charge on any atom is -0.389 e. The first-order valence-corrected chi connectivity index (χ1v) is 6.85. The van der Waals surface area contributed by atoms with E-state index in [9.17, 15) is 8.78 Å². The smallest absolute Gasteiger partial charge is 0.182 e. The molecule has 3 N–H and O–H groups in total. The molecule has 0 bridgehead atoms. The van der Waals surface area contributed by atoms with Crippen molar-refractivity contribution in [1.82, 2.24) is 0 Å². The molecule has 104 valence electrons. The Kier molecular flexibility index (Phi) is 4.04. The topological polar surface area (TPSA) is 38.0 Å². The Morgan fingerprint density at radius 1 is 1.32 bits per heavy atom. The number of hydrogen-bond donors (Lipinski definition) is 2. The molecule has 0 radical (unpaired) electrons. The van der Waals surface area contributed by atoms with Crippen LogP contribution in [0.25, 0.3) is 0 Å². The third-order valence-corrected chi connectivity index (χ3v) is 4.08. The van der Waals surface area contributed by atoms with Gasteiger partial charge < -0.3 is 11.1 Å². The first-order valence-electron chi connectivity index (χ1n) is 6.45. The lowest BCUT2D eigenvalue weighted by Gasteiger charge is -2.24. The Labute approximate surface area is 117 Å². The first kappa shape index (κ1) is 14.2. The normalized spacial score (nSPS) is 17.4. The lowest BCUT2D eigenvalue weighted by molar-refractivity contribution is 0.361. The summed E-state index contributed by atoms with van der Waals surface area (Å²) < 4.78 is 27.6. The van der Waals surface area contributed by atoms with Gasteiger partial charge in [0.2, 0.25) is 0 Å². The van der Waals surface area contributed by atoms with Crippen molar-refractivity contribution in [2.24, 2.45) is 11.1 Å². The van der Waals surface area contributed by atoms with Crippen LogP contribution in [-0.2, 0) is 0 Å². The van der Waals surface area contributed by atoms with Gasteiger partial charge in [-0.25, -0.2) is 8.78 Å². The van der Waals surface area contributed by atoms with Gasteiger partial charge in [-0.2, -0.15) is 0 Å². The van der Waals surface area contributed by atoms with E-state index in [0.29, 0.717) is 6.54 Å². The minimum atomic E-state index is -0.978. The zero-order valence-corrected chi connectivity index (χ0v) is 11.7. The van der Waals surface area contributed by atoms with Gasteiger partial charge in [-0.15, -0.1) is 0 Å². The summed E-state index contributed by atoms with van der Waals surface area (Å²) in [5, 5.41) is 3.00. The van der Waals surface area contributed by atoms with Crippen molar-refractivity contribution in [3.8, 4) is 0 Å². The van der Waals surface area contributed by atoms with Gasteiger partial charge >= 0.3 is 0 Å². The van der Waals surface area contributed by atoms with Gasteiger partial charge in [0.05, 0.1) is 5.69 Å². The lowest BCUT2D eigenvalue weighted by Crippen LogP contribution is -2.23. The second-order valence-corrected chi connectivity index (χ2v) is 5.96. The molecule has 1 fully saturated rings. The number of halogens is 2. The summed E-state index contributed by atoms with van der Waals surface area (Å²) >= 11 is 4.67. The van der Waals surface area contributed by atoms with E-state index in [0.717, 1.165) is 12.8 Å². The van der Waals surface area contributed by atoms with Crippen LogP contribution in [0, 0.1) is 17.0 Å². The standard InChI is InChI=1S/C14H18F2N2S/c1-14(6-2-3-7-14)8-18-10-5-4-9(13(17)19)11(15)12(10)16/h4-5,18H,2-3,6-8H2,1H3,(H2,17,19). The highest BCUT2D eigenvalue weighted by molar-refractivity contribution is 7.80. The quantitative estimate of drug-likeness (QED) is 0.830. The molecule has 1 saturated carbocycles. The molecular weight excluding hydrogens is 266 g/mol. The molecule has 2 nitrogen and oxygen atoms in total. The zero-order valence-electron chi connectivity index (χ0n) is 10.9. The van der Waals surface area contributed by atoms with Crippen molar-refractivity contribution in [1.29, 1.82) is 0 Å². The van der Waals surface area contributed by atoms with Gasteiger partial charge in [0.1, 0.15) is 4.99 Å². The van der Waals surface area contributed by atoms with E-state index in [4.69, 9.17) is 5.73 Å². The summed E-state index contributed by atoms with van der Waals surface area (Å²) in [5.41, 5.74) is 5.62. The molecule has 19 heavy (non-hydrogen) atoms. The predicted octanol–water partition coefficient (Wildman–Crippen LogP) is 3.59. The fraction of sp³-hybridized carbons (Fsp3) is 0.500. The third-order valence-electron chi connectivity index (χ3n) is 3.86. The van der Waals surface area contributed by atoms with Crippen LogP contribution in [0.15, 0.2) is 12.1 Å². The number of thiocarbonyl (C=S) groups is 1. The van der Waals surface area contributed by atoms with Crippen molar-refractivity contribution < 1.29 is 8.78 Å². The van der Waals surface area contributed by atoms with E-state index in [1.807, 2.05) is 0 Å². The summed E-state index contributed by atoms with van der Waals surface area (Å²) in [6.07, 6.45) is 4.65. The molecule has 1 aliphatic carbocycles. The maximum Gasteiger partial charge on any atom is 0.182 e. The predicted molar refractivity (Wildman–Crippen MR) is 77.3 cm³/mol. The molecule has 0 heterocycles. The molecule has 1 aromatic carbocycles. The summed E-state index contributed by atoms with van der Waals surface area (Å²) in [4.78, 5) is -0.134. The Hall–Kier alpha value is -1.23. The van der Waals surface area contributed by atoms with Crippen LogP contribution < -0.4 is 11.1 Å². The van der Waals surface area contributed by atoms with Crippen LogP contribution in [0.3, 0.4) is 0 Å². The second-order valence-electron chi connectivity index (χ2n) is 5.52. The summed E-state index contributed by atoms with van der Waals surface area (Å²) in [6, 6.07) is 2.91. The van der Waals surface area contributed by atoms with Crippen molar-refractivity contribution in [3.63, 3.8) is 0 Å². The summed E-state index contributed by atoms with van der Waals surface area (Å²) in [7, 11) is 0. The first-order chi connectivity index (χ1) is 8.93. The fourth-order valence-corrected chi connectivity index (χ4v) is 2.75. The number of benzene rings is 1. The van der Waals surface area contributed by atoms with Gasteiger partial charge in [0, 0.05) is 12.1 Å². The van der Waals surface area contributed by atoms with Crippen LogP contribution in [0.2, 0.25) is 0 Å².